The molecule has 3 heterocycles. The molecular weight excluding hydrogens is 338 g/mol. The minimum Gasteiger partial charge on any atom is -0.350 e. The summed E-state index contributed by atoms with van der Waals surface area (Å²) in [6.07, 6.45) is 4.32. The zero-order valence-corrected chi connectivity index (χ0v) is 14.0. The molecule has 0 fully saturated rings. The van der Waals surface area contributed by atoms with Crippen molar-refractivity contribution < 1.29 is 4.79 Å². The number of aryl methyl sites for hydroxylation is 1. The van der Waals surface area contributed by atoms with Crippen LogP contribution in [0, 0.1) is 0 Å². The second kappa shape index (κ2) is 6.48. The SMILES string of the molecule is O=C(CCc1nc2ccccc2[nH]c1=O)NCc1cn2ccsc2n1. The van der Waals surface area contributed by atoms with Gasteiger partial charge in [-0.15, -0.1) is 11.3 Å². The Bertz CT molecular complexity index is 1080. The Hall–Kier alpha value is -3.00. The van der Waals surface area contributed by atoms with Gasteiger partial charge in [0.2, 0.25) is 5.91 Å². The van der Waals surface area contributed by atoms with Crippen LogP contribution >= 0.6 is 11.3 Å². The van der Waals surface area contributed by atoms with Crippen LogP contribution in [-0.4, -0.2) is 25.3 Å². The molecule has 0 aliphatic rings. The van der Waals surface area contributed by atoms with E-state index in [1.807, 2.05) is 40.4 Å². The molecule has 0 aliphatic heterocycles. The number of para-hydroxylation sites is 2. The number of nitrogens with zero attached hydrogens (tertiary/aromatic N) is 3. The Morgan fingerprint density at radius 3 is 3.04 bits per heavy atom. The molecule has 0 radical (unpaired) electrons. The van der Waals surface area contributed by atoms with E-state index < -0.39 is 0 Å². The highest BCUT2D eigenvalue weighted by molar-refractivity contribution is 7.15. The first-order chi connectivity index (χ1) is 12.2. The third-order valence-corrected chi connectivity index (χ3v) is 4.64. The summed E-state index contributed by atoms with van der Waals surface area (Å²) >= 11 is 1.55. The average molecular weight is 353 g/mol. The van der Waals surface area contributed by atoms with E-state index in [1.54, 1.807) is 17.4 Å². The fraction of sp³-hybridized carbons (Fsp3) is 0.176. The molecule has 126 valence electrons. The molecule has 1 aromatic carbocycles. The van der Waals surface area contributed by atoms with Crippen molar-refractivity contribution in [2.24, 2.45) is 0 Å². The van der Waals surface area contributed by atoms with Crippen LogP contribution in [0.1, 0.15) is 17.8 Å². The van der Waals surface area contributed by atoms with Crippen molar-refractivity contribution in [2.75, 3.05) is 0 Å². The monoisotopic (exact) mass is 353 g/mol. The smallest absolute Gasteiger partial charge is 0.270 e. The van der Waals surface area contributed by atoms with Crippen LogP contribution < -0.4 is 10.9 Å². The molecule has 8 heteroatoms. The van der Waals surface area contributed by atoms with Crippen molar-refractivity contribution in [3.05, 3.63) is 63.8 Å². The van der Waals surface area contributed by atoms with Crippen molar-refractivity contribution in [2.45, 2.75) is 19.4 Å². The van der Waals surface area contributed by atoms with E-state index >= 15 is 0 Å². The van der Waals surface area contributed by atoms with Crippen LogP contribution in [0.25, 0.3) is 16.0 Å². The van der Waals surface area contributed by atoms with E-state index in [-0.39, 0.29) is 17.9 Å². The Labute approximate surface area is 146 Å². The van der Waals surface area contributed by atoms with Gasteiger partial charge in [-0.05, 0) is 12.1 Å². The number of H-pyrrole nitrogens is 1. The number of rotatable bonds is 5. The van der Waals surface area contributed by atoms with Gasteiger partial charge in [0, 0.05) is 30.6 Å². The van der Waals surface area contributed by atoms with Gasteiger partial charge in [-0.25, -0.2) is 9.97 Å². The molecule has 0 unspecified atom stereocenters. The lowest BCUT2D eigenvalue weighted by atomic mass is 10.2. The highest BCUT2D eigenvalue weighted by Gasteiger charge is 2.09. The Morgan fingerprint density at radius 2 is 2.16 bits per heavy atom. The molecular formula is C17H15N5O2S. The number of thiazole rings is 1. The molecule has 4 aromatic rings. The quantitative estimate of drug-likeness (QED) is 0.573. The van der Waals surface area contributed by atoms with E-state index in [4.69, 9.17) is 0 Å². The van der Waals surface area contributed by atoms with Crippen LogP contribution in [0.3, 0.4) is 0 Å². The zero-order chi connectivity index (χ0) is 17.2. The van der Waals surface area contributed by atoms with Crippen molar-refractivity contribution in [3.8, 4) is 0 Å². The molecule has 4 rings (SSSR count). The lowest BCUT2D eigenvalue weighted by Crippen LogP contribution is -2.25. The van der Waals surface area contributed by atoms with Gasteiger partial charge < -0.3 is 10.3 Å². The summed E-state index contributed by atoms with van der Waals surface area (Å²) < 4.78 is 1.92. The lowest BCUT2D eigenvalue weighted by Gasteiger charge is -2.04. The highest BCUT2D eigenvalue weighted by atomic mass is 32.1. The standard InChI is InChI=1S/C17H15N5O2S/c23-15(18-9-11-10-22-7-8-25-17(22)19-11)6-5-14-16(24)21-13-4-2-1-3-12(13)20-14/h1-4,7-8,10H,5-6,9H2,(H,18,23)(H,21,24). The van der Waals surface area contributed by atoms with Gasteiger partial charge in [0.25, 0.3) is 5.56 Å². The summed E-state index contributed by atoms with van der Waals surface area (Å²) in [7, 11) is 0. The maximum Gasteiger partial charge on any atom is 0.270 e. The summed E-state index contributed by atoms with van der Waals surface area (Å²) in [5.41, 5.74) is 2.34. The number of imidazole rings is 1. The minimum atomic E-state index is -0.249. The predicted molar refractivity (Wildman–Crippen MR) is 95.6 cm³/mol. The van der Waals surface area contributed by atoms with Crippen molar-refractivity contribution in [1.29, 1.82) is 0 Å². The fourth-order valence-corrected chi connectivity index (χ4v) is 3.33. The van der Waals surface area contributed by atoms with E-state index in [0.717, 1.165) is 16.2 Å². The first kappa shape index (κ1) is 15.5. The molecule has 1 amide bonds. The Balaban J connectivity index is 1.37. The van der Waals surface area contributed by atoms with Gasteiger partial charge in [0.15, 0.2) is 4.96 Å². The molecule has 25 heavy (non-hydrogen) atoms. The summed E-state index contributed by atoms with van der Waals surface area (Å²) in [4.78, 5) is 36.5. The maximum atomic E-state index is 12.0. The number of hydrogen-bond donors (Lipinski definition) is 2. The number of aromatic amines is 1. The maximum absolute atomic E-state index is 12.0. The van der Waals surface area contributed by atoms with E-state index in [1.165, 1.54) is 0 Å². The number of carbonyl (C=O) groups is 1. The number of fused-ring (bicyclic) bond motifs is 2. The topological polar surface area (TPSA) is 92.1 Å². The van der Waals surface area contributed by atoms with Gasteiger partial charge in [0.05, 0.1) is 23.3 Å². The number of carbonyl (C=O) groups excluding carboxylic acids is 1. The molecule has 3 aromatic heterocycles. The van der Waals surface area contributed by atoms with Gasteiger partial charge in [0.1, 0.15) is 5.69 Å². The van der Waals surface area contributed by atoms with Gasteiger partial charge in [-0.1, -0.05) is 12.1 Å². The van der Waals surface area contributed by atoms with Crippen molar-refractivity contribution >= 4 is 33.2 Å². The molecule has 0 bridgehead atoms. The molecule has 7 nitrogen and oxygen atoms in total. The lowest BCUT2D eigenvalue weighted by molar-refractivity contribution is -0.121. The normalized spacial score (nSPS) is 11.2. The Kier molecular flexibility index (Phi) is 4.02. The first-order valence-corrected chi connectivity index (χ1v) is 8.73. The minimum absolute atomic E-state index is 0.134. The number of benzene rings is 1. The van der Waals surface area contributed by atoms with Crippen LogP contribution in [0.4, 0.5) is 0 Å². The van der Waals surface area contributed by atoms with E-state index in [0.29, 0.717) is 24.2 Å². The molecule has 0 saturated carbocycles. The second-order valence-corrected chi connectivity index (χ2v) is 6.50. The van der Waals surface area contributed by atoms with Crippen LogP contribution in [0.2, 0.25) is 0 Å². The van der Waals surface area contributed by atoms with Crippen molar-refractivity contribution in [3.63, 3.8) is 0 Å². The molecule has 0 atom stereocenters. The second-order valence-electron chi connectivity index (χ2n) is 5.63. The molecule has 0 spiro atoms. The zero-order valence-electron chi connectivity index (χ0n) is 13.2. The third kappa shape index (κ3) is 3.29. The largest absolute Gasteiger partial charge is 0.350 e. The fourth-order valence-electron chi connectivity index (χ4n) is 2.61. The molecule has 2 N–H and O–H groups in total. The average Bonchev–Trinajstić information content (AvgIpc) is 3.19. The molecule has 0 aliphatic carbocycles. The van der Waals surface area contributed by atoms with Gasteiger partial charge in [-0.3, -0.25) is 14.0 Å². The molecule has 0 saturated heterocycles. The summed E-state index contributed by atoms with van der Waals surface area (Å²) in [5.74, 6) is -0.134. The number of hydrogen-bond acceptors (Lipinski definition) is 5. The predicted octanol–water partition coefficient (Wildman–Crippen LogP) is 1.88. The summed E-state index contributed by atoms with van der Waals surface area (Å²) in [6.45, 7) is 0.370. The van der Waals surface area contributed by atoms with E-state index in [9.17, 15) is 9.59 Å². The first-order valence-electron chi connectivity index (χ1n) is 7.85. The Morgan fingerprint density at radius 1 is 1.28 bits per heavy atom. The summed E-state index contributed by atoms with van der Waals surface area (Å²) in [6, 6.07) is 7.34. The van der Waals surface area contributed by atoms with Crippen LogP contribution in [0.15, 0.2) is 46.8 Å². The van der Waals surface area contributed by atoms with Crippen LogP contribution in [0.5, 0.6) is 0 Å². The van der Waals surface area contributed by atoms with E-state index in [2.05, 4.69) is 20.3 Å². The third-order valence-electron chi connectivity index (χ3n) is 3.87. The summed E-state index contributed by atoms with van der Waals surface area (Å²) in [5, 5.41) is 4.78. The number of aromatic nitrogens is 4. The number of amides is 1. The van der Waals surface area contributed by atoms with Crippen LogP contribution in [-0.2, 0) is 17.8 Å². The van der Waals surface area contributed by atoms with Gasteiger partial charge in [-0.2, -0.15) is 0 Å². The van der Waals surface area contributed by atoms with Gasteiger partial charge >= 0.3 is 0 Å². The van der Waals surface area contributed by atoms with Crippen molar-refractivity contribution in [1.82, 2.24) is 24.7 Å². The highest BCUT2D eigenvalue weighted by Crippen LogP contribution is 2.11. The number of nitrogens with one attached hydrogen (secondary N) is 2.